The summed E-state index contributed by atoms with van der Waals surface area (Å²) in [5.74, 6) is -1.62. The zero-order valence-electron chi connectivity index (χ0n) is 17.7. The third-order valence-corrected chi connectivity index (χ3v) is 7.21. The second-order valence-corrected chi connectivity index (χ2v) is 10.2. The molecule has 0 aromatic heterocycles. The maximum Gasteiger partial charge on any atom is 0.310 e. The summed E-state index contributed by atoms with van der Waals surface area (Å²) in [4.78, 5) is 26.7. The van der Waals surface area contributed by atoms with Gasteiger partial charge in [0, 0.05) is 22.5 Å². The number of hydrogen-bond acceptors (Lipinski definition) is 3. The highest BCUT2D eigenvalue weighted by atomic mass is 35.5. The van der Waals surface area contributed by atoms with Crippen LogP contribution in [0.3, 0.4) is 0 Å². The lowest BCUT2D eigenvalue weighted by molar-refractivity contribution is -0.148. The Morgan fingerprint density at radius 3 is 2.48 bits per heavy atom. The summed E-state index contributed by atoms with van der Waals surface area (Å²) in [6.07, 6.45) is 3.83. The summed E-state index contributed by atoms with van der Waals surface area (Å²) >= 11 is 6.12. The van der Waals surface area contributed by atoms with E-state index in [0.717, 1.165) is 24.1 Å². The Hall–Kier alpha value is -2.59. The molecule has 1 saturated carbocycles. The Morgan fingerprint density at radius 1 is 1.06 bits per heavy atom. The minimum atomic E-state index is -0.533. The molecule has 1 saturated heterocycles. The molecule has 0 spiro atoms. The van der Waals surface area contributed by atoms with E-state index in [0.29, 0.717) is 5.02 Å². The molecule has 2 aromatic rings. The first-order valence-electron chi connectivity index (χ1n) is 10.8. The molecule has 0 bridgehead atoms. The van der Waals surface area contributed by atoms with Crippen LogP contribution in [-0.4, -0.2) is 18.0 Å². The van der Waals surface area contributed by atoms with Crippen LogP contribution in [0.15, 0.2) is 66.2 Å². The van der Waals surface area contributed by atoms with Crippen molar-refractivity contribution in [2.24, 2.45) is 23.2 Å². The highest BCUT2D eigenvalue weighted by molar-refractivity contribution is 6.30. The molecule has 0 radical (unpaired) electrons. The SMILES string of the molecule is CC1(C)CC2=C[C@@H](c3ccc(Cl)cc3)[C@@H](C(=O)Nc3ccccc3)[C@H]3C(=O)O[C@@H](C1)[C@@H]23. The molecule has 5 heteroatoms. The second-order valence-electron chi connectivity index (χ2n) is 9.77. The molecule has 2 fully saturated rings. The first kappa shape index (κ1) is 20.3. The van der Waals surface area contributed by atoms with Crippen molar-refractivity contribution in [1.29, 1.82) is 0 Å². The van der Waals surface area contributed by atoms with Gasteiger partial charge in [-0.2, -0.15) is 0 Å². The molecule has 5 rings (SSSR count). The van der Waals surface area contributed by atoms with E-state index < -0.39 is 11.8 Å². The van der Waals surface area contributed by atoms with Gasteiger partial charge in [-0.15, -0.1) is 0 Å². The van der Waals surface area contributed by atoms with E-state index in [4.69, 9.17) is 16.3 Å². The fourth-order valence-electron chi connectivity index (χ4n) is 5.76. The Labute approximate surface area is 187 Å². The van der Waals surface area contributed by atoms with Crippen LogP contribution < -0.4 is 5.32 Å². The monoisotopic (exact) mass is 435 g/mol. The highest BCUT2D eigenvalue weighted by Crippen LogP contribution is 2.56. The third-order valence-electron chi connectivity index (χ3n) is 6.96. The lowest BCUT2D eigenvalue weighted by Gasteiger charge is -2.44. The van der Waals surface area contributed by atoms with Crippen molar-refractivity contribution in [3.63, 3.8) is 0 Å². The fraction of sp³-hybridized carbons (Fsp3) is 0.385. The maximum absolute atomic E-state index is 13.6. The molecule has 160 valence electrons. The summed E-state index contributed by atoms with van der Waals surface area (Å²) < 4.78 is 5.87. The standard InChI is InChI=1S/C26H26ClNO3/c1-26(2)13-16-12-19(15-8-10-17(27)11-9-15)22(23-21(16)20(14-26)31-25(23)30)24(29)28-18-6-4-3-5-7-18/h3-12,19-23H,13-14H2,1-2H3,(H,28,29)/t19-,20-,21+,22+,23-/m0/s1. The number of allylic oxidation sites excluding steroid dienone is 1. The van der Waals surface area contributed by atoms with Gasteiger partial charge in [0.25, 0.3) is 0 Å². The largest absolute Gasteiger partial charge is 0.461 e. The number of halogens is 1. The van der Waals surface area contributed by atoms with Gasteiger partial charge in [-0.1, -0.05) is 67.4 Å². The second kappa shape index (κ2) is 7.52. The third kappa shape index (κ3) is 3.67. The molecule has 1 aliphatic heterocycles. The number of carbonyl (C=O) groups excluding carboxylic acids is 2. The molecule has 2 aliphatic carbocycles. The molecule has 2 aromatic carbocycles. The lowest BCUT2D eigenvalue weighted by Crippen LogP contribution is -2.45. The van der Waals surface area contributed by atoms with Gasteiger partial charge in [0.15, 0.2) is 0 Å². The van der Waals surface area contributed by atoms with Crippen molar-refractivity contribution in [1.82, 2.24) is 0 Å². The van der Waals surface area contributed by atoms with Crippen molar-refractivity contribution in [3.05, 3.63) is 76.8 Å². The van der Waals surface area contributed by atoms with Gasteiger partial charge >= 0.3 is 5.97 Å². The number of para-hydroxylation sites is 1. The van der Waals surface area contributed by atoms with Gasteiger partial charge in [0.2, 0.25) is 5.91 Å². The number of ether oxygens (including phenoxy) is 1. The van der Waals surface area contributed by atoms with Crippen LogP contribution in [0.4, 0.5) is 5.69 Å². The molecule has 1 heterocycles. The highest BCUT2D eigenvalue weighted by Gasteiger charge is 2.59. The molecule has 31 heavy (non-hydrogen) atoms. The van der Waals surface area contributed by atoms with Crippen LogP contribution in [0.2, 0.25) is 5.02 Å². The zero-order valence-corrected chi connectivity index (χ0v) is 18.4. The van der Waals surface area contributed by atoms with E-state index >= 15 is 0 Å². The Morgan fingerprint density at radius 2 is 1.77 bits per heavy atom. The Balaban J connectivity index is 1.59. The number of anilines is 1. The van der Waals surface area contributed by atoms with Gasteiger partial charge in [0.1, 0.15) is 6.10 Å². The van der Waals surface area contributed by atoms with Crippen molar-refractivity contribution in [2.45, 2.75) is 38.7 Å². The quantitative estimate of drug-likeness (QED) is 0.504. The Bertz CT molecular complexity index is 1040. The van der Waals surface area contributed by atoms with E-state index in [1.54, 1.807) is 0 Å². The van der Waals surface area contributed by atoms with Crippen molar-refractivity contribution < 1.29 is 14.3 Å². The van der Waals surface area contributed by atoms with Gasteiger partial charge in [-0.25, -0.2) is 0 Å². The molecule has 4 nitrogen and oxygen atoms in total. The first-order valence-corrected chi connectivity index (χ1v) is 11.2. The number of amides is 1. The predicted molar refractivity (Wildman–Crippen MR) is 121 cm³/mol. The minimum Gasteiger partial charge on any atom is -0.461 e. The molecule has 0 unspecified atom stereocenters. The van der Waals surface area contributed by atoms with E-state index in [2.05, 4.69) is 25.2 Å². The molecule has 5 atom stereocenters. The maximum atomic E-state index is 13.6. The summed E-state index contributed by atoms with van der Waals surface area (Å²) in [5, 5.41) is 3.68. The summed E-state index contributed by atoms with van der Waals surface area (Å²) in [5.41, 5.74) is 3.03. The van der Waals surface area contributed by atoms with Crippen molar-refractivity contribution in [2.75, 3.05) is 5.32 Å². The van der Waals surface area contributed by atoms with Gasteiger partial charge in [0.05, 0.1) is 11.8 Å². The van der Waals surface area contributed by atoms with E-state index in [9.17, 15) is 9.59 Å². The molecule has 3 aliphatic rings. The smallest absolute Gasteiger partial charge is 0.310 e. The zero-order chi connectivity index (χ0) is 21.8. The van der Waals surface area contributed by atoms with Gasteiger partial charge in [-0.05, 0) is 48.1 Å². The van der Waals surface area contributed by atoms with E-state index in [1.165, 1.54) is 5.57 Å². The number of benzene rings is 2. The van der Waals surface area contributed by atoms with Crippen molar-refractivity contribution in [3.8, 4) is 0 Å². The fourth-order valence-corrected chi connectivity index (χ4v) is 5.89. The summed E-state index contributed by atoms with van der Waals surface area (Å²) in [6, 6.07) is 17.0. The van der Waals surface area contributed by atoms with Crippen LogP contribution in [0, 0.1) is 23.2 Å². The molecular formula is C26H26ClNO3. The van der Waals surface area contributed by atoms with E-state index in [-0.39, 0.29) is 35.2 Å². The van der Waals surface area contributed by atoms with Crippen LogP contribution in [0.25, 0.3) is 0 Å². The molecule has 1 N–H and O–H groups in total. The van der Waals surface area contributed by atoms with Crippen LogP contribution in [0.5, 0.6) is 0 Å². The number of nitrogens with one attached hydrogen (secondary N) is 1. The molecular weight excluding hydrogens is 410 g/mol. The van der Waals surface area contributed by atoms with Crippen LogP contribution in [-0.2, 0) is 14.3 Å². The number of rotatable bonds is 3. The normalized spacial score (nSPS) is 30.7. The van der Waals surface area contributed by atoms with Crippen LogP contribution >= 0.6 is 11.6 Å². The van der Waals surface area contributed by atoms with E-state index in [1.807, 2.05) is 54.6 Å². The first-order chi connectivity index (χ1) is 14.8. The van der Waals surface area contributed by atoms with Gasteiger partial charge < -0.3 is 10.1 Å². The topological polar surface area (TPSA) is 55.4 Å². The summed E-state index contributed by atoms with van der Waals surface area (Å²) in [6.45, 7) is 4.44. The average molecular weight is 436 g/mol. The number of esters is 1. The summed E-state index contributed by atoms with van der Waals surface area (Å²) in [7, 11) is 0. The van der Waals surface area contributed by atoms with Crippen LogP contribution in [0.1, 0.15) is 38.2 Å². The van der Waals surface area contributed by atoms with Crippen molar-refractivity contribution >= 4 is 29.2 Å². The average Bonchev–Trinajstić information content (AvgIpc) is 3.04. The van der Waals surface area contributed by atoms with Gasteiger partial charge in [-0.3, -0.25) is 9.59 Å². The molecule has 1 amide bonds. The Kier molecular flexibility index (Phi) is 4.93. The lowest BCUT2D eigenvalue weighted by atomic mass is 9.58. The minimum absolute atomic E-state index is 0.0180. The number of carbonyl (C=O) groups is 2. The number of hydrogen-bond donors (Lipinski definition) is 1. The predicted octanol–water partition coefficient (Wildman–Crippen LogP) is 5.60.